The van der Waals surface area contributed by atoms with Crippen LogP contribution in [0.1, 0.15) is 194 Å². The molecule has 2 unspecified atom stereocenters. The zero-order valence-electron chi connectivity index (χ0n) is 41.0. The molecular weight excluding hydrogens is 787 g/mol. The predicted molar refractivity (Wildman–Crippen MR) is 263 cm³/mol. The fourth-order valence-electron chi connectivity index (χ4n) is 6.89. The van der Waals surface area contributed by atoms with Crippen molar-refractivity contribution >= 4 is 17.9 Å². The number of aliphatic carboxylic acids is 1. The van der Waals surface area contributed by atoms with Gasteiger partial charge in [-0.25, -0.2) is 0 Å². The van der Waals surface area contributed by atoms with Crippen LogP contribution in [0.5, 0.6) is 0 Å². The highest BCUT2D eigenvalue weighted by molar-refractivity contribution is 5.70. The van der Waals surface area contributed by atoms with Gasteiger partial charge < -0.3 is 28.6 Å². The molecule has 0 bridgehead atoms. The highest BCUT2D eigenvalue weighted by atomic mass is 16.6. The summed E-state index contributed by atoms with van der Waals surface area (Å²) >= 11 is 0. The van der Waals surface area contributed by atoms with Crippen molar-refractivity contribution < 1.29 is 38.2 Å². The van der Waals surface area contributed by atoms with Gasteiger partial charge in [0.05, 0.1) is 40.3 Å². The molecule has 0 heterocycles. The Morgan fingerprint density at radius 1 is 0.492 bits per heavy atom. The summed E-state index contributed by atoms with van der Waals surface area (Å²) in [6.45, 7) is 4.49. The van der Waals surface area contributed by atoms with Crippen LogP contribution in [0, 0.1) is 0 Å². The lowest BCUT2D eigenvalue weighted by atomic mass is 10.1. The number of rotatable bonds is 44. The number of hydrogen-bond acceptors (Lipinski definition) is 7. The number of hydrogen-bond donors (Lipinski definition) is 0. The number of carboxylic acids is 1. The summed E-state index contributed by atoms with van der Waals surface area (Å²) in [5.41, 5.74) is 0. The molecule has 0 fully saturated rings. The normalized spacial score (nSPS) is 13.6. The van der Waals surface area contributed by atoms with Crippen LogP contribution in [0.25, 0.3) is 0 Å². The molecule has 2 atom stereocenters. The highest BCUT2D eigenvalue weighted by Gasteiger charge is 2.25. The van der Waals surface area contributed by atoms with Crippen LogP contribution in [-0.2, 0) is 28.6 Å². The first-order chi connectivity index (χ1) is 30.6. The molecule has 8 heteroatoms. The van der Waals surface area contributed by atoms with Crippen molar-refractivity contribution in [2.24, 2.45) is 0 Å². The number of carbonyl (C=O) groups excluding carboxylic acids is 3. The molecule has 0 N–H and O–H groups in total. The third-order valence-corrected chi connectivity index (χ3v) is 10.8. The highest BCUT2D eigenvalue weighted by Crippen LogP contribution is 2.13. The summed E-state index contributed by atoms with van der Waals surface area (Å²) in [4.78, 5) is 37.0. The molecule has 0 amide bonds. The third kappa shape index (κ3) is 43.5. The number of nitrogens with zero attached hydrogens (tertiary/aromatic N) is 1. The van der Waals surface area contributed by atoms with E-state index in [0.29, 0.717) is 12.8 Å². The van der Waals surface area contributed by atoms with Gasteiger partial charge in [-0.05, 0) is 89.9 Å². The van der Waals surface area contributed by atoms with E-state index in [1.807, 2.05) is 0 Å². The first-order valence-electron chi connectivity index (χ1n) is 25.1. The number of esters is 2. The smallest absolute Gasteiger partial charge is 0.306 e. The van der Waals surface area contributed by atoms with E-state index in [1.165, 1.54) is 70.6 Å². The molecule has 360 valence electrons. The Morgan fingerprint density at radius 3 is 1.37 bits per heavy atom. The van der Waals surface area contributed by atoms with E-state index >= 15 is 0 Å². The summed E-state index contributed by atoms with van der Waals surface area (Å²) < 4.78 is 17.2. The number of quaternary nitrogens is 1. The van der Waals surface area contributed by atoms with Gasteiger partial charge in [0.2, 0.25) is 0 Å². The van der Waals surface area contributed by atoms with Crippen molar-refractivity contribution in [2.75, 3.05) is 41.0 Å². The molecule has 0 spiro atoms. The minimum atomic E-state index is -1.14. The van der Waals surface area contributed by atoms with Crippen LogP contribution in [0.4, 0.5) is 0 Å². The second-order valence-electron chi connectivity index (χ2n) is 17.7. The van der Waals surface area contributed by atoms with Crippen molar-refractivity contribution in [2.45, 2.75) is 206 Å². The maximum atomic E-state index is 12.8. The molecule has 8 nitrogen and oxygen atoms in total. The van der Waals surface area contributed by atoms with Gasteiger partial charge in [0.1, 0.15) is 12.6 Å². The van der Waals surface area contributed by atoms with Gasteiger partial charge in [-0.3, -0.25) is 9.59 Å². The van der Waals surface area contributed by atoms with Crippen molar-refractivity contribution in [1.82, 2.24) is 0 Å². The van der Waals surface area contributed by atoms with Crippen LogP contribution in [0.15, 0.2) is 85.1 Å². The third-order valence-electron chi connectivity index (χ3n) is 10.8. The van der Waals surface area contributed by atoms with E-state index in [1.54, 1.807) is 21.1 Å². The van der Waals surface area contributed by atoms with Gasteiger partial charge in [-0.2, -0.15) is 0 Å². The van der Waals surface area contributed by atoms with Crippen molar-refractivity contribution in [3.8, 4) is 0 Å². The molecule has 0 aliphatic rings. The average molecular weight is 880 g/mol. The average Bonchev–Trinajstić information content (AvgIpc) is 3.24. The maximum absolute atomic E-state index is 12.8. The molecule has 0 saturated heterocycles. The molecule has 0 aromatic rings. The lowest BCUT2D eigenvalue weighted by Crippen LogP contribution is -2.55. The summed E-state index contributed by atoms with van der Waals surface area (Å²) in [7, 11) is 5.39. The lowest BCUT2D eigenvalue weighted by Gasteiger charge is -2.34. The summed E-state index contributed by atoms with van der Waals surface area (Å²) in [5.74, 6) is -1.81. The van der Waals surface area contributed by atoms with Gasteiger partial charge in [-0.15, -0.1) is 0 Å². The van der Waals surface area contributed by atoms with Gasteiger partial charge in [-0.1, -0.05) is 170 Å². The maximum Gasteiger partial charge on any atom is 0.306 e. The first-order valence-corrected chi connectivity index (χ1v) is 25.1. The molecular formula is C55H93NO7. The van der Waals surface area contributed by atoms with Crippen LogP contribution >= 0.6 is 0 Å². The van der Waals surface area contributed by atoms with Crippen LogP contribution < -0.4 is 5.11 Å². The largest absolute Gasteiger partial charge is 0.544 e. The summed E-state index contributed by atoms with van der Waals surface area (Å²) in [6, 6.07) is -0.740. The van der Waals surface area contributed by atoms with Crippen LogP contribution in [-0.4, -0.2) is 75.5 Å². The topological polar surface area (TPSA) is 102 Å². The fourth-order valence-corrected chi connectivity index (χ4v) is 6.89. The predicted octanol–water partition coefficient (Wildman–Crippen LogP) is 13.1. The Bertz CT molecular complexity index is 1300. The zero-order valence-corrected chi connectivity index (χ0v) is 41.0. The summed E-state index contributed by atoms with van der Waals surface area (Å²) in [5, 5.41) is 11.7. The van der Waals surface area contributed by atoms with E-state index in [2.05, 4.69) is 98.9 Å². The molecule has 0 aliphatic heterocycles. The molecule has 0 aliphatic carbocycles. The van der Waals surface area contributed by atoms with Gasteiger partial charge >= 0.3 is 11.9 Å². The van der Waals surface area contributed by atoms with Gasteiger partial charge in [0, 0.05) is 19.3 Å². The van der Waals surface area contributed by atoms with Gasteiger partial charge in [0.15, 0.2) is 6.10 Å². The van der Waals surface area contributed by atoms with Crippen molar-refractivity contribution in [1.29, 1.82) is 0 Å². The Labute approximate surface area is 386 Å². The lowest BCUT2D eigenvalue weighted by molar-refractivity contribution is -0.889. The number of carboxylic acid groups (broad SMARTS) is 1. The van der Waals surface area contributed by atoms with E-state index in [-0.39, 0.29) is 49.1 Å². The van der Waals surface area contributed by atoms with Crippen LogP contribution in [0.2, 0.25) is 0 Å². The standard InChI is InChI=1S/C55H93NO7/c1-6-8-10-12-14-16-18-20-22-24-26-27-28-30-32-34-36-38-40-42-44-46-54(58)63-51(49-61-48-47-52(55(59)60)56(3,4)5)50-62-53(57)45-43-41-39-37-35-33-31-29-25-23-21-19-17-15-13-11-9-7-2/h8,10,14,16,20,22,26-27,29-32,36,38,51-52H,6-7,9,11-13,15,17-19,21,23-25,28,33-35,37,39-50H2,1-5H3/b10-8+,16-14+,22-20+,27-26+,31-29+,32-30+,38-36+. The van der Waals surface area contributed by atoms with E-state index < -0.39 is 18.1 Å². The number of carbonyl (C=O) groups is 3. The molecule has 0 aromatic carbocycles. The second kappa shape index (κ2) is 45.1. The van der Waals surface area contributed by atoms with E-state index in [9.17, 15) is 19.5 Å². The molecule has 0 aromatic heterocycles. The SMILES string of the molecule is CC/C=C/C/C=C/C/C=C/C/C=C/C/C=C/C/C=C/CCCCC(=O)OC(COCCC(C(=O)[O-])[N+](C)(C)C)COC(=O)CCCCCCC/C=C/CCCCCCCCCCC. The molecule has 0 saturated carbocycles. The zero-order chi connectivity index (χ0) is 46.3. The van der Waals surface area contributed by atoms with E-state index in [0.717, 1.165) is 83.5 Å². The number of likely N-dealkylation sites (N-methyl/N-ethyl adjacent to an activating group) is 1. The quantitative estimate of drug-likeness (QED) is 0.0260. The monoisotopic (exact) mass is 880 g/mol. The van der Waals surface area contributed by atoms with Gasteiger partial charge in [0.25, 0.3) is 0 Å². The Balaban J connectivity index is 4.39. The minimum Gasteiger partial charge on any atom is -0.544 e. The molecule has 0 rings (SSSR count). The van der Waals surface area contributed by atoms with Crippen LogP contribution in [0.3, 0.4) is 0 Å². The summed E-state index contributed by atoms with van der Waals surface area (Å²) in [6.07, 6.45) is 59.0. The minimum absolute atomic E-state index is 0.0160. The van der Waals surface area contributed by atoms with E-state index in [4.69, 9.17) is 14.2 Å². The molecule has 0 radical (unpaired) electrons. The number of allylic oxidation sites excluding steroid dienone is 14. The van der Waals surface area contributed by atoms with Crippen molar-refractivity contribution in [3.05, 3.63) is 85.1 Å². The second-order valence-corrected chi connectivity index (χ2v) is 17.7. The Hall–Kier alpha value is -3.49. The molecule has 63 heavy (non-hydrogen) atoms. The Kier molecular flexibility index (Phi) is 42.6. The van der Waals surface area contributed by atoms with Crippen molar-refractivity contribution in [3.63, 3.8) is 0 Å². The first kappa shape index (κ1) is 59.5. The fraction of sp³-hybridized carbons (Fsp3) is 0.691. The number of unbranched alkanes of at least 4 members (excludes halogenated alkanes) is 16. The Morgan fingerprint density at radius 2 is 0.889 bits per heavy atom. The number of ether oxygens (including phenoxy) is 3.